The van der Waals surface area contributed by atoms with Gasteiger partial charge in [0.25, 0.3) is 5.88 Å². The summed E-state index contributed by atoms with van der Waals surface area (Å²) >= 11 is 6.19. The van der Waals surface area contributed by atoms with Crippen molar-refractivity contribution in [3.8, 4) is 17.0 Å². The molecule has 0 amide bonds. The van der Waals surface area contributed by atoms with Crippen LogP contribution in [0.3, 0.4) is 0 Å². The lowest BCUT2D eigenvalue weighted by Gasteiger charge is -2.22. The number of esters is 1. The zero-order valence-electron chi connectivity index (χ0n) is 19.6. The molecule has 0 aliphatic carbocycles. The van der Waals surface area contributed by atoms with Gasteiger partial charge in [-0.2, -0.15) is 0 Å². The van der Waals surface area contributed by atoms with Gasteiger partial charge >= 0.3 is 22.0 Å². The third kappa shape index (κ3) is 5.94. The van der Waals surface area contributed by atoms with Crippen molar-refractivity contribution in [1.82, 2.24) is 4.98 Å². The molecule has 1 heterocycles. The lowest BCUT2D eigenvalue weighted by atomic mass is 9.92. The molecule has 2 aromatic carbocycles. The average molecular weight is 531 g/mol. The Morgan fingerprint density at radius 3 is 2.34 bits per heavy atom. The van der Waals surface area contributed by atoms with Crippen LogP contribution in [-0.4, -0.2) is 26.6 Å². The Hall–Kier alpha value is -2.69. The summed E-state index contributed by atoms with van der Waals surface area (Å²) in [5.41, 5.74) is -5.67. The molecule has 188 valence electrons. The maximum Gasteiger partial charge on any atom is 0.650 e. The first-order valence-corrected chi connectivity index (χ1v) is 12.3. The normalized spacial score (nSPS) is 14.1. The number of rotatable bonds is 5. The van der Waals surface area contributed by atoms with Gasteiger partial charge in [0.1, 0.15) is 11.2 Å². The molecule has 0 saturated carbocycles. The molecule has 1 atom stereocenters. The van der Waals surface area contributed by atoms with E-state index in [1.165, 1.54) is 18.2 Å². The molecule has 1 N–H and O–H groups in total. The van der Waals surface area contributed by atoms with Gasteiger partial charge in [-0.3, -0.25) is 0 Å². The molecule has 1 unspecified atom stereocenters. The van der Waals surface area contributed by atoms with Crippen molar-refractivity contribution in [2.75, 3.05) is 0 Å². The van der Waals surface area contributed by atoms with Gasteiger partial charge in [-0.15, -0.1) is 17.7 Å². The number of carbonyl (C=O) groups excluding carboxylic acids is 1. The van der Waals surface area contributed by atoms with Crippen LogP contribution in [0.15, 0.2) is 42.5 Å². The summed E-state index contributed by atoms with van der Waals surface area (Å²) in [6, 6.07) is 11.4. The predicted octanol–water partition coefficient (Wildman–Crippen LogP) is 7.42. The molecule has 35 heavy (non-hydrogen) atoms. The molecule has 0 aliphatic rings. The van der Waals surface area contributed by atoms with Crippen molar-refractivity contribution in [3.63, 3.8) is 0 Å². The molecule has 3 rings (SSSR count). The van der Waals surface area contributed by atoms with Gasteiger partial charge < -0.3 is 4.74 Å². The first kappa shape index (κ1) is 26.9. The van der Waals surface area contributed by atoms with E-state index >= 15 is 0 Å². The molecule has 6 nitrogen and oxygen atoms in total. The lowest BCUT2D eigenvalue weighted by molar-refractivity contribution is -0.0580. The van der Waals surface area contributed by atoms with Gasteiger partial charge in [0.05, 0.1) is 5.52 Å². The Kier molecular flexibility index (Phi) is 7.23. The molecule has 0 saturated heterocycles. The van der Waals surface area contributed by atoms with Crippen LogP contribution in [-0.2, 0) is 19.4 Å². The average Bonchev–Trinajstić information content (AvgIpc) is 2.70. The van der Waals surface area contributed by atoms with Gasteiger partial charge in [-0.05, 0) is 60.2 Å². The van der Waals surface area contributed by atoms with Crippen LogP contribution in [0.1, 0.15) is 56.5 Å². The van der Waals surface area contributed by atoms with Crippen molar-refractivity contribution in [3.05, 3.63) is 58.6 Å². The van der Waals surface area contributed by atoms with Crippen molar-refractivity contribution >= 4 is 39.0 Å². The highest BCUT2D eigenvalue weighted by molar-refractivity contribution is 7.94. The highest BCUT2D eigenvalue weighted by Crippen LogP contribution is 2.41. The summed E-state index contributed by atoms with van der Waals surface area (Å²) in [4.78, 5) is 17.3. The van der Waals surface area contributed by atoms with Crippen LogP contribution in [0.5, 0.6) is 5.88 Å². The predicted molar refractivity (Wildman–Crippen MR) is 129 cm³/mol. The van der Waals surface area contributed by atoms with E-state index < -0.39 is 39.0 Å². The van der Waals surface area contributed by atoms with Gasteiger partial charge in [0.2, 0.25) is 0 Å². The minimum atomic E-state index is -5.89. The minimum absolute atomic E-state index is 0.0914. The molecule has 3 aromatic rings. The third-order valence-corrected chi connectivity index (χ3v) is 6.05. The molecule has 0 spiro atoms. The Labute approximate surface area is 206 Å². The van der Waals surface area contributed by atoms with Crippen LogP contribution in [0.2, 0.25) is 5.02 Å². The summed E-state index contributed by atoms with van der Waals surface area (Å²) < 4.78 is 71.3. The van der Waals surface area contributed by atoms with Crippen molar-refractivity contribution in [2.45, 2.75) is 51.6 Å². The van der Waals surface area contributed by atoms with E-state index in [0.29, 0.717) is 10.9 Å². The molecular weight excluding hydrogens is 507 g/mol. The van der Waals surface area contributed by atoms with Crippen LogP contribution in [0, 0.1) is 0 Å². The fourth-order valence-electron chi connectivity index (χ4n) is 3.30. The Balaban J connectivity index is 2.46. The van der Waals surface area contributed by atoms with Gasteiger partial charge in [-0.1, -0.05) is 49.7 Å². The summed E-state index contributed by atoms with van der Waals surface area (Å²) in [5.74, 6) is -1.97. The number of pyridine rings is 1. The zero-order valence-corrected chi connectivity index (χ0v) is 21.1. The van der Waals surface area contributed by atoms with Gasteiger partial charge in [0.15, 0.2) is 0 Å². The second-order valence-electron chi connectivity index (χ2n) is 9.11. The molecule has 0 bridgehead atoms. The number of hydrogen-bond donors (Lipinski definition) is 1. The number of halogens is 4. The second-order valence-corrected chi connectivity index (χ2v) is 11.1. The van der Waals surface area contributed by atoms with Gasteiger partial charge in [0, 0.05) is 16.0 Å². The van der Waals surface area contributed by atoms with Crippen LogP contribution >= 0.6 is 11.6 Å². The number of alkyl halides is 3. The zero-order chi connectivity index (χ0) is 26.3. The van der Waals surface area contributed by atoms with Crippen LogP contribution in [0.25, 0.3) is 22.0 Å². The van der Waals surface area contributed by atoms with E-state index in [2.05, 4.69) is 9.17 Å². The fourth-order valence-corrected chi connectivity index (χ4v) is 3.90. The molecule has 0 fully saturated rings. The monoisotopic (exact) mass is 530 g/mol. The van der Waals surface area contributed by atoms with Crippen molar-refractivity contribution in [1.29, 1.82) is 0 Å². The van der Waals surface area contributed by atoms with Crippen molar-refractivity contribution < 1.29 is 35.6 Å². The quantitative estimate of drug-likeness (QED) is 0.273. The Morgan fingerprint density at radius 1 is 1.11 bits per heavy atom. The third-order valence-electron chi connectivity index (χ3n) is 4.84. The van der Waals surface area contributed by atoms with E-state index in [-0.39, 0.29) is 22.0 Å². The first-order valence-electron chi connectivity index (χ1n) is 10.5. The maximum atomic E-state index is 13.3. The highest BCUT2D eigenvalue weighted by atomic mass is 35.5. The fraction of sp³-hybridized carbons (Fsp3) is 0.333. The van der Waals surface area contributed by atoms with E-state index in [4.69, 9.17) is 16.3 Å². The smallest absolute Gasteiger partial charge is 0.456 e. The van der Waals surface area contributed by atoms with Gasteiger partial charge in [-0.25, -0.2) is 14.0 Å². The first-order chi connectivity index (χ1) is 16.0. The van der Waals surface area contributed by atoms with E-state index in [1.54, 1.807) is 39.0 Å². The summed E-state index contributed by atoms with van der Waals surface area (Å²) in [6.45, 7) is 8.62. The Morgan fingerprint density at radius 2 is 1.77 bits per heavy atom. The molecule has 1 aromatic heterocycles. The van der Waals surface area contributed by atoms with E-state index in [1.807, 2.05) is 19.9 Å². The molecule has 11 heteroatoms. The number of nitrogens with zero attached hydrogens (tertiary/aromatic N) is 1. The largest absolute Gasteiger partial charge is 0.650 e. The number of ether oxygens (including phenoxy) is 1. The number of hydrogen-bond acceptors (Lipinski definition) is 5. The number of carbonyl (C=O) groups is 1. The number of benzene rings is 2. The summed E-state index contributed by atoms with van der Waals surface area (Å²) in [6.07, 6.45) is 0. The van der Waals surface area contributed by atoms with Crippen molar-refractivity contribution in [2.24, 2.45) is 0 Å². The number of aromatic nitrogens is 1. The summed E-state index contributed by atoms with van der Waals surface area (Å²) in [7, 11) is -5.89. The maximum absolute atomic E-state index is 13.3. The Bertz CT molecular complexity index is 1340. The SMILES string of the molecule is CC(C)c1cccc(-c2c(C(=O)OC(C)(C)C)c(O[S+](=O)(O)C(F)(F)F)nc3ccc(Cl)cc23)c1. The highest BCUT2D eigenvalue weighted by Gasteiger charge is 2.64. The second kappa shape index (κ2) is 9.40. The summed E-state index contributed by atoms with van der Waals surface area (Å²) in [5, 5.41) is 0.605. The standard InChI is InChI=1S/C24H23ClF3NO5S/c1-13(2)14-7-6-8-15(11-14)19-17-12-16(25)9-10-18(17)29-21(34-35(31,32)24(26,27)28)20(19)22(30)33-23(3,4)5/h6-13H,1-5H3/p+1. The molecular formula is C24H24ClF3NO5S+. The van der Waals surface area contributed by atoms with Crippen LogP contribution in [0.4, 0.5) is 13.2 Å². The molecule has 0 radical (unpaired) electrons. The van der Waals surface area contributed by atoms with E-state index in [9.17, 15) is 26.7 Å². The topological polar surface area (TPSA) is 85.7 Å². The van der Waals surface area contributed by atoms with Crippen LogP contribution < -0.4 is 4.18 Å². The number of fused-ring (bicyclic) bond motifs is 1. The molecule has 0 aliphatic heterocycles. The van der Waals surface area contributed by atoms with E-state index in [0.717, 1.165) is 5.56 Å². The minimum Gasteiger partial charge on any atom is -0.456 e. The lowest BCUT2D eigenvalue weighted by Crippen LogP contribution is -2.35.